The number of allylic oxidation sites excluding steroid dienone is 2. The molecule has 2 saturated heterocycles. The number of carbonyl (C=O) groups is 4. The van der Waals surface area contributed by atoms with E-state index in [1.165, 1.54) is 9.80 Å². The summed E-state index contributed by atoms with van der Waals surface area (Å²) in [4.78, 5) is 58.2. The van der Waals surface area contributed by atoms with E-state index in [1.54, 1.807) is 42.5 Å². The van der Waals surface area contributed by atoms with Crippen molar-refractivity contribution in [1.29, 1.82) is 0 Å². The molecule has 1 saturated carbocycles. The number of phenolic OH excluding ortho intramolecular Hbond substituents is 1. The molecule has 0 aromatic heterocycles. The van der Waals surface area contributed by atoms with Crippen LogP contribution in [0, 0.1) is 29.1 Å². The molecule has 6 atom stereocenters. The number of anilines is 1. The highest BCUT2D eigenvalue weighted by Gasteiger charge is 2.68. The Balaban J connectivity index is 1.52. The van der Waals surface area contributed by atoms with Gasteiger partial charge in [-0.15, -0.1) is 0 Å². The molecule has 0 radical (unpaired) electrons. The fraction of sp³-hybridized carbons (Fsp3) is 0.419. The Morgan fingerprint density at radius 1 is 0.895 bits per heavy atom. The number of rotatable bonds is 2. The molecule has 2 heterocycles. The van der Waals surface area contributed by atoms with Gasteiger partial charge in [0.2, 0.25) is 23.6 Å². The van der Waals surface area contributed by atoms with E-state index in [9.17, 15) is 24.3 Å². The lowest BCUT2D eigenvalue weighted by molar-refractivity contribution is -0.145. The van der Waals surface area contributed by atoms with Crippen LogP contribution in [-0.2, 0) is 19.2 Å². The fourth-order valence-corrected chi connectivity index (χ4v) is 7.58. The summed E-state index contributed by atoms with van der Waals surface area (Å²) < 4.78 is 0. The van der Waals surface area contributed by atoms with Crippen LogP contribution in [0.1, 0.15) is 52.0 Å². The number of amides is 4. The lowest BCUT2D eigenvalue weighted by atomic mass is 9.51. The lowest BCUT2D eigenvalue weighted by Gasteiger charge is -2.49. The van der Waals surface area contributed by atoms with Gasteiger partial charge in [-0.2, -0.15) is 0 Å². The van der Waals surface area contributed by atoms with Gasteiger partial charge in [0, 0.05) is 11.5 Å². The van der Waals surface area contributed by atoms with Crippen LogP contribution in [0.15, 0.2) is 66.2 Å². The minimum atomic E-state index is -1.11. The molecule has 0 spiro atoms. The fourth-order valence-electron chi connectivity index (χ4n) is 7.58. The second-order valence-electron chi connectivity index (χ2n) is 12.3. The van der Waals surface area contributed by atoms with E-state index in [1.807, 2.05) is 45.9 Å². The molecule has 2 aliphatic carbocycles. The van der Waals surface area contributed by atoms with Crippen LogP contribution in [-0.4, -0.2) is 39.2 Å². The number of likely N-dealkylation sites (tertiary alicyclic amines) is 1. The lowest BCUT2D eigenvalue weighted by Crippen LogP contribution is -2.49. The first-order valence-electron chi connectivity index (χ1n) is 13.3. The predicted octanol–water partition coefficient (Wildman–Crippen LogP) is 4.42. The number of nitrogens with zero attached hydrogens (tertiary/aromatic N) is 2. The summed E-state index contributed by atoms with van der Waals surface area (Å²) in [6, 6.07) is 15.8. The molecule has 1 N–H and O–H groups in total. The topological polar surface area (TPSA) is 95.0 Å². The van der Waals surface area contributed by atoms with E-state index in [0.29, 0.717) is 18.5 Å². The molecule has 0 unspecified atom stereocenters. The Morgan fingerprint density at radius 2 is 1.61 bits per heavy atom. The van der Waals surface area contributed by atoms with E-state index in [4.69, 9.17) is 0 Å². The van der Waals surface area contributed by atoms with Crippen LogP contribution in [0.2, 0.25) is 0 Å². The van der Waals surface area contributed by atoms with Gasteiger partial charge < -0.3 is 5.11 Å². The molecular formula is C31H32N2O5. The smallest absolute Gasteiger partial charge is 0.241 e. The number of aromatic hydroxyl groups is 1. The molecule has 3 fully saturated rings. The van der Waals surface area contributed by atoms with Crippen molar-refractivity contribution in [3.63, 3.8) is 0 Å². The summed E-state index contributed by atoms with van der Waals surface area (Å²) in [5.41, 5.74) is 0.415. The number of para-hydroxylation sites is 1. The van der Waals surface area contributed by atoms with Crippen LogP contribution in [0.5, 0.6) is 5.75 Å². The largest absolute Gasteiger partial charge is 0.508 e. The van der Waals surface area contributed by atoms with Gasteiger partial charge in [0.25, 0.3) is 0 Å². The summed E-state index contributed by atoms with van der Waals surface area (Å²) in [5.74, 6) is -3.42. The van der Waals surface area contributed by atoms with Crippen molar-refractivity contribution in [2.45, 2.75) is 52.0 Å². The first-order chi connectivity index (χ1) is 18.0. The number of carbonyl (C=O) groups excluding carboxylic acids is 4. The summed E-state index contributed by atoms with van der Waals surface area (Å²) in [6.07, 6.45) is 2.76. The van der Waals surface area contributed by atoms with Crippen molar-refractivity contribution in [3.05, 3.63) is 71.8 Å². The van der Waals surface area contributed by atoms with E-state index in [0.717, 1.165) is 11.1 Å². The zero-order valence-corrected chi connectivity index (χ0v) is 22.0. The first-order valence-corrected chi connectivity index (χ1v) is 13.3. The van der Waals surface area contributed by atoms with Crippen molar-refractivity contribution < 1.29 is 24.3 Å². The molecule has 7 heteroatoms. The molecule has 196 valence electrons. The van der Waals surface area contributed by atoms with Gasteiger partial charge in [0.1, 0.15) is 5.75 Å². The molecule has 2 aliphatic heterocycles. The third-order valence-corrected chi connectivity index (χ3v) is 9.16. The average molecular weight is 513 g/mol. The van der Waals surface area contributed by atoms with Crippen LogP contribution >= 0.6 is 0 Å². The van der Waals surface area contributed by atoms with Gasteiger partial charge in [-0.25, -0.2) is 4.90 Å². The molecule has 4 amide bonds. The van der Waals surface area contributed by atoms with Crippen LogP contribution < -0.4 is 4.90 Å². The van der Waals surface area contributed by atoms with E-state index in [-0.39, 0.29) is 35.3 Å². The highest BCUT2D eigenvalue weighted by molar-refractivity contribution is 6.24. The predicted molar refractivity (Wildman–Crippen MR) is 141 cm³/mol. The summed E-state index contributed by atoms with van der Waals surface area (Å²) >= 11 is 0. The van der Waals surface area contributed by atoms with Crippen molar-refractivity contribution in [1.82, 2.24) is 4.90 Å². The minimum Gasteiger partial charge on any atom is -0.508 e. The van der Waals surface area contributed by atoms with E-state index < -0.39 is 34.6 Å². The number of phenols is 1. The highest BCUT2D eigenvalue weighted by Crippen LogP contribution is 2.63. The minimum absolute atomic E-state index is 0.0711. The third-order valence-electron chi connectivity index (χ3n) is 9.16. The Labute approximate surface area is 222 Å². The van der Waals surface area contributed by atoms with Gasteiger partial charge in [-0.05, 0) is 76.3 Å². The maximum atomic E-state index is 14.2. The van der Waals surface area contributed by atoms with Gasteiger partial charge >= 0.3 is 0 Å². The molecule has 38 heavy (non-hydrogen) atoms. The molecule has 6 rings (SSSR count). The Kier molecular flexibility index (Phi) is 5.26. The maximum Gasteiger partial charge on any atom is 0.241 e. The summed E-state index contributed by atoms with van der Waals surface area (Å²) in [6.45, 7) is 7.43. The highest BCUT2D eigenvalue weighted by atomic mass is 16.3. The molecule has 4 aliphatic rings. The summed E-state index contributed by atoms with van der Waals surface area (Å²) in [7, 11) is 0. The summed E-state index contributed by atoms with van der Waals surface area (Å²) in [5, 5.41) is 10.4. The normalized spacial score (nSPS) is 32.7. The van der Waals surface area contributed by atoms with Gasteiger partial charge in [0.05, 0.1) is 28.9 Å². The monoisotopic (exact) mass is 512 g/mol. The van der Waals surface area contributed by atoms with Crippen LogP contribution in [0.25, 0.3) is 0 Å². The van der Waals surface area contributed by atoms with Crippen molar-refractivity contribution in [2.75, 3.05) is 4.90 Å². The Hall–Kier alpha value is -3.74. The zero-order chi connectivity index (χ0) is 27.1. The zero-order valence-electron chi connectivity index (χ0n) is 22.0. The molecular weight excluding hydrogens is 480 g/mol. The number of hydrogen-bond donors (Lipinski definition) is 1. The second-order valence-corrected chi connectivity index (χ2v) is 12.3. The van der Waals surface area contributed by atoms with Crippen LogP contribution in [0.4, 0.5) is 5.69 Å². The quantitative estimate of drug-likeness (QED) is 0.475. The van der Waals surface area contributed by atoms with E-state index in [2.05, 4.69) is 0 Å². The first kappa shape index (κ1) is 24.6. The van der Waals surface area contributed by atoms with Gasteiger partial charge in [-0.3, -0.25) is 24.1 Å². The molecule has 7 nitrogen and oxygen atoms in total. The van der Waals surface area contributed by atoms with Crippen molar-refractivity contribution in [2.24, 2.45) is 29.1 Å². The third kappa shape index (κ3) is 3.20. The second kappa shape index (κ2) is 8.13. The number of fused-ring (bicyclic) bond motifs is 4. The number of hydrogen-bond acceptors (Lipinski definition) is 5. The Bertz CT molecular complexity index is 1410. The molecule has 0 bridgehead atoms. The number of benzene rings is 2. The van der Waals surface area contributed by atoms with Gasteiger partial charge in [0.15, 0.2) is 0 Å². The number of imide groups is 2. The molecule has 2 aromatic carbocycles. The van der Waals surface area contributed by atoms with Gasteiger partial charge in [-0.1, -0.05) is 42.0 Å². The van der Waals surface area contributed by atoms with Crippen molar-refractivity contribution in [3.8, 4) is 5.75 Å². The average Bonchev–Trinajstić information content (AvgIpc) is 3.24. The van der Waals surface area contributed by atoms with Crippen molar-refractivity contribution >= 4 is 29.3 Å². The SMILES string of the molecule is CC(C)(C)N1C(=O)[C@H]2[C@H](CC=C3[C@H]2C[C@H]2C(=O)N(c4ccccc4)C(=O)[C@@]2(C)[C@H]3c2cccc(O)c2)C1=O. The van der Waals surface area contributed by atoms with Crippen LogP contribution in [0.3, 0.4) is 0 Å². The van der Waals surface area contributed by atoms with E-state index >= 15 is 0 Å². The molecule has 2 aromatic rings. The standard InChI is InChI=1S/C31H32N2O5/c1-30(2,3)33-26(35)21-14-13-20-22(24(21)28(33)37)16-23-27(36)32(18-10-6-5-7-11-18)29(38)31(23,4)25(20)17-9-8-12-19(34)15-17/h5-13,15,21-25,34H,14,16H2,1-4H3/t21-,22+,23-,24-,25-,31+/m0/s1. The maximum absolute atomic E-state index is 14.2. The Morgan fingerprint density at radius 3 is 2.26 bits per heavy atom.